The van der Waals surface area contributed by atoms with E-state index in [0.717, 1.165) is 109 Å². The third-order valence-corrected chi connectivity index (χ3v) is 9.26. The SMILES string of the molecule is CC/C=C\C/C=C\C/C=C\C/C=C\CCCCC(=O)OC(CCC/C=C\C/C=C\CCCCCCC)CCCCCCCC(=O)NC(CCCN)C(=O)O. The molecule has 2 atom stereocenters. The number of allylic oxidation sites excluding steroid dienone is 12. The van der Waals surface area contributed by atoms with Crippen molar-refractivity contribution in [2.45, 2.75) is 199 Å². The molecule has 0 aromatic rings. The number of carbonyl (C=O) groups is 3. The van der Waals surface area contributed by atoms with Gasteiger partial charge in [-0.25, -0.2) is 4.79 Å². The molecule has 0 spiro atoms. The van der Waals surface area contributed by atoms with Gasteiger partial charge in [0.05, 0.1) is 0 Å². The molecular formula is C47H80N2O5. The number of ether oxygens (including phenoxy) is 1. The largest absolute Gasteiger partial charge is 0.480 e. The van der Waals surface area contributed by atoms with Gasteiger partial charge < -0.3 is 20.9 Å². The van der Waals surface area contributed by atoms with Crippen molar-refractivity contribution in [3.8, 4) is 0 Å². The summed E-state index contributed by atoms with van der Waals surface area (Å²) in [4.78, 5) is 36.4. The lowest BCUT2D eigenvalue weighted by molar-refractivity contribution is -0.150. The van der Waals surface area contributed by atoms with Crippen LogP contribution in [0.5, 0.6) is 0 Å². The maximum atomic E-state index is 12.8. The molecule has 4 N–H and O–H groups in total. The minimum Gasteiger partial charge on any atom is -0.480 e. The standard InChI is InChI=1S/C47H80N2O5/c1-3-5-7-9-11-13-15-17-18-20-22-24-26-31-35-41-46(51)54-43(37-32-28-25-23-21-19-16-14-12-10-8-6-4-2)38-33-29-27-30-34-40-45(50)49-44(47(52)53)39-36-42-48/h5,7,11,13,16-19,22-25,43-44H,3-4,6,8-10,12,14-15,20-21,26-42,48H2,1-2H3,(H,49,50)(H,52,53)/b7-5-,13-11-,18-17-,19-16-,24-22-,25-23-. The number of amides is 1. The van der Waals surface area contributed by atoms with Crippen LogP contribution in [0, 0.1) is 0 Å². The van der Waals surface area contributed by atoms with Crippen molar-refractivity contribution in [2.24, 2.45) is 5.73 Å². The van der Waals surface area contributed by atoms with Gasteiger partial charge in [0.1, 0.15) is 12.1 Å². The van der Waals surface area contributed by atoms with E-state index in [1.54, 1.807) is 0 Å². The van der Waals surface area contributed by atoms with Crippen LogP contribution < -0.4 is 11.1 Å². The molecule has 7 nitrogen and oxygen atoms in total. The zero-order valence-electron chi connectivity index (χ0n) is 34.5. The third kappa shape index (κ3) is 37.1. The highest BCUT2D eigenvalue weighted by Crippen LogP contribution is 2.17. The zero-order chi connectivity index (χ0) is 39.6. The molecule has 0 saturated carbocycles. The summed E-state index contributed by atoms with van der Waals surface area (Å²) in [5.74, 6) is -1.31. The Morgan fingerprint density at radius 3 is 1.63 bits per heavy atom. The molecule has 0 aliphatic rings. The average Bonchev–Trinajstić information content (AvgIpc) is 3.16. The first-order chi connectivity index (χ1) is 26.4. The second kappa shape index (κ2) is 41.0. The van der Waals surface area contributed by atoms with Crippen LogP contribution in [0.3, 0.4) is 0 Å². The van der Waals surface area contributed by atoms with E-state index in [9.17, 15) is 19.5 Å². The molecule has 54 heavy (non-hydrogen) atoms. The van der Waals surface area contributed by atoms with Crippen molar-refractivity contribution in [2.75, 3.05) is 6.54 Å². The fourth-order valence-electron chi connectivity index (χ4n) is 6.01. The number of rotatable bonds is 38. The molecule has 308 valence electrons. The molecule has 0 rings (SSSR count). The lowest BCUT2D eigenvalue weighted by atomic mass is 10.0. The monoisotopic (exact) mass is 753 g/mol. The third-order valence-electron chi connectivity index (χ3n) is 9.26. The quantitative estimate of drug-likeness (QED) is 0.0328. The van der Waals surface area contributed by atoms with E-state index in [-0.39, 0.29) is 18.0 Å². The summed E-state index contributed by atoms with van der Waals surface area (Å²) >= 11 is 0. The van der Waals surface area contributed by atoms with E-state index in [0.29, 0.717) is 32.2 Å². The molecule has 2 unspecified atom stereocenters. The fraction of sp³-hybridized carbons (Fsp3) is 0.681. The molecule has 0 aromatic heterocycles. The van der Waals surface area contributed by atoms with E-state index in [2.05, 4.69) is 92.1 Å². The van der Waals surface area contributed by atoms with Crippen molar-refractivity contribution in [3.05, 3.63) is 72.9 Å². The smallest absolute Gasteiger partial charge is 0.326 e. The van der Waals surface area contributed by atoms with Crippen LogP contribution >= 0.6 is 0 Å². The van der Waals surface area contributed by atoms with Gasteiger partial charge in [0.15, 0.2) is 0 Å². The molecule has 7 heteroatoms. The minimum absolute atomic E-state index is 0.0555. The van der Waals surface area contributed by atoms with Gasteiger partial charge in [-0.1, -0.05) is 132 Å². The summed E-state index contributed by atoms with van der Waals surface area (Å²) in [7, 11) is 0. The van der Waals surface area contributed by atoms with E-state index in [4.69, 9.17) is 10.5 Å². The number of nitrogens with one attached hydrogen (secondary N) is 1. The fourth-order valence-corrected chi connectivity index (χ4v) is 6.01. The molecule has 0 radical (unpaired) electrons. The van der Waals surface area contributed by atoms with Crippen molar-refractivity contribution < 1.29 is 24.2 Å². The van der Waals surface area contributed by atoms with E-state index >= 15 is 0 Å². The van der Waals surface area contributed by atoms with Crippen LogP contribution in [0.25, 0.3) is 0 Å². The predicted octanol–water partition coefficient (Wildman–Crippen LogP) is 12.3. The van der Waals surface area contributed by atoms with Crippen LogP contribution in [0.4, 0.5) is 0 Å². The van der Waals surface area contributed by atoms with Gasteiger partial charge >= 0.3 is 11.9 Å². The van der Waals surface area contributed by atoms with Gasteiger partial charge in [-0.3, -0.25) is 9.59 Å². The van der Waals surface area contributed by atoms with Crippen molar-refractivity contribution in [1.29, 1.82) is 0 Å². The number of hydrogen-bond donors (Lipinski definition) is 3. The number of carbonyl (C=O) groups excluding carboxylic acids is 2. The highest BCUT2D eigenvalue weighted by molar-refractivity contribution is 5.83. The normalized spacial score (nSPS) is 13.4. The topological polar surface area (TPSA) is 119 Å². The molecule has 0 aromatic carbocycles. The Bertz CT molecular complexity index is 1070. The Morgan fingerprint density at radius 1 is 0.556 bits per heavy atom. The number of esters is 1. The first-order valence-corrected chi connectivity index (χ1v) is 21.8. The Kier molecular flexibility index (Phi) is 38.6. The summed E-state index contributed by atoms with van der Waals surface area (Å²) in [5.41, 5.74) is 5.48. The number of hydrogen-bond acceptors (Lipinski definition) is 5. The van der Waals surface area contributed by atoms with Gasteiger partial charge in [0, 0.05) is 12.8 Å². The summed E-state index contributed by atoms with van der Waals surface area (Å²) in [5, 5.41) is 11.9. The summed E-state index contributed by atoms with van der Waals surface area (Å²) in [6.45, 7) is 4.80. The predicted molar refractivity (Wildman–Crippen MR) is 229 cm³/mol. The summed E-state index contributed by atoms with van der Waals surface area (Å²) in [6, 6.07) is -0.867. The maximum Gasteiger partial charge on any atom is 0.326 e. The first-order valence-electron chi connectivity index (χ1n) is 21.8. The Morgan fingerprint density at radius 2 is 1.04 bits per heavy atom. The molecule has 0 saturated heterocycles. The zero-order valence-corrected chi connectivity index (χ0v) is 34.5. The molecule has 0 aliphatic carbocycles. The molecular weight excluding hydrogens is 673 g/mol. The van der Waals surface area contributed by atoms with Crippen LogP contribution in [0.1, 0.15) is 187 Å². The molecule has 0 heterocycles. The first kappa shape index (κ1) is 50.8. The van der Waals surface area contributed by atoms with Gasteiger partial charge in [0.25, 0.3) is 0 Å². The lowest BCUT2D eigenvalue weighted by Crippen LogP contribution is -2.40. The van der Waals surface area contributed by atoms with E-state index in [1.807, 2.05) is 0 Å². The number of carboxylic acids is 1. The van der Waals surface area contributed by atoms with Crippen LogP contribution in [0.15, 0.2) is 72.9 Å². The maximum absolute atomic E-state index is 12.8. The van der Waals surface area contributed by atoms with Crippen molar-refractivity contribution in [3.63, 3.8) is 0 Å². The van der Waals surface area contributed by atoms with Gasteiger partial charge in [-0.2, -0.15) is 0 Å². The second-order valence-electron chi connectivity index (χ2n) is 14.4. The number of aliphatic carboxylic acids is 1. The Hall–Kier alpha value is -3.19. The van der Waals surface area contributed by atoms with Crippen LogP contribution in [-0.2, 0) is 19.1 Å². The van der Waals surface area contributed by atoms with Crippen molar-refractivity contribution >= 4 is 17.8 Å². The lowest BCUT2D eigenvalue weighted by Gasteiger charge is -2.18. The molecule has 0 fully saturated rings. The molecule has 1 amide bonds. The average molecular weight is 753 g/mol. The van der Waals surface area contributed by atoms with Crippen molar-refractivity contribution in [1.82, 2.24) is 5.32 Å². The second-order valence-corrected chi connectivity index (χ2v) is 14.4. The number of unbranched alkanes of at least 4 members (excludes halogenated alkanes) is 12. The number of carboxylic acid groups (broad SMARTS) is 1. The van der Waals surface area contributed by atoms with Gasteiger partial charge in [0.2, 0.25) is 5.91 Å². The minimum atomic E-state index is -1.01. The molecule has 0 bridgehead atoms. The van der Waals surface area contributed by atoms with E-state index < -0.39 is 12.0 Å². The highest BCUT2D eigenvalue weighted by Gasteiger charge is 2.19. The van der Waals surface area contributed by atoms with Crippen LogP contribution in [-0.4, -0.2) is 41.6 Å². The van der Waals surface area contributed by atoms with Crippen LogP contribution in [0.2, 0.25) is 0 Å². The van der Waals surface area contributed by atoms with Gasteiger partial charge in [-0.05, 0) is 122 Å². The summed E-state index contributed by atoms with van der Waals surface area (Å²) < 4.78 is 6.00. The Labute approximate surface area is 331 Å². The highest BCUT2D eigenvalue weighted by atomic mass is 16.5. The van der Waals surface area contributed by atoms with E-state index in [1.165, 1.54) is 38.5 Å². The van der Waals surface area contributed by atoms with Gasteiger partial charge in [-0.15, -0.1) is 0 Å². The number of nitrogens with two attached hydrogens (primary N) is 1. The Balaban J connectivity index is 4.50. The summed E-state index contributed by atoms with van der Waals surface area (Å²) in [6.07, 6.45) is 52.3. The molecule has 0 aliphatic heterocycles.